The van der Waals surface area contributed by atoms with Gasteiger partial charge in [0, 0.05) is 6.04 Å². The molecule has 2 N–H and O–H groups in total. The topological polar surface area (TPSA) is 26.0 Å². The summed E-state index contributed by atoms with van der Waals surface area (Å²) in [5, 5.41) is 0. The van der Waals surface area contributed by atoms with Gasteiger partial charge in [0.25, 0.3) is 0 Å². The lowest BCUT2D eigenvalue weighted by Gasteiger charge is -2.19. The van der Waals surface area contributed by atoms with Gasteiger partial charge in [-0.05, 0) is 44.6 Å². The second kappa shape index (κ2) is 5.31. The van der Waals surface area contributed by atoms with Crippen LogP contribution in [0.1, 0.15) is 36.8 Å². The van der Waals surface area contributed by atoms with Gasteiger partial charge in [0.1, 0.15) is 0 Å². The van der Waals surface area contributed by atoms with Gasteiger partial charge in [0.15, 0.2) is 0 Å². The molecule has 1 heteroatoms. The fraction of sp³-hybridized carbons (Fsp3) is 0.467. The highest BCUT2D eigenvalue weighted by Crippen LogP contribution is 2.21. The number of rotatable bonds is 3. The van der Waals surface area contributed by atoms with Crippen LogP contribution in [0.5, 0.6) is 0 Å². The van der Waals surface area contributed by atoms with Crippen molar-refractivity contribution in [2.75, 3.05) is 0 Å². The van der Waals surface area contributed by atoms with Crippen molar-refractivity contribution in [3.05, 3.63) is 47.0 Å². The predicted octanol–water partition coefficient (Wildman–Crippen LogP) is 3.37. The zero-order valence-electron chi connectivity index (χ0n) is 10.1. The van der Waals surface area contributed by atoms with Crippen molar-refractivity contribution in [2.24, 2.45) is 5.73 Å². The average molecular weight is 215 g/mol. The molecule has 86 valence electrons. The Hall–Kier alpha value is -1.08. The van der Waals surface area contributed by atoms with E-state index >= 15 is 0 Å². The summed E-state index contributed by atoms with van der Waals surface area (Å²) < 4.78 is 0. The Morgan fingerprint density at radius 1 is 1.31 bits per heavy atom. The maximum atomic E-state index is 6.26. The molecule has 0 spiro atoms. The number of hydrogen-bond donors (Lipinski definition) is 1. The van der Waals surface area contributed by atoms with E-state index < -0.39 is 0 Å². The Morgan fingerprint density at radius 3 is 2.88 bits per heavy atom. The van der Waals surface area contributed by atoms with E-state index in [1.54, 1.807) is 0 Å². The summed E-state index contributed by atoms with van der Waals surface area (Å²) in [5.74, 6) is 0. The Labute approximate surface area is 98.4 Å². The average Bonchev–Trinajstić information content (AvgIpc) is 2.30. The fourth-order valence-electron chi connectivity index (χ4n) is 2.42. The molecule has 0 amide bonds. The lowest BCUT2D eigenvalue weighted by molar-refractivity contribution is 0.630. The fourth-order valence-corrected chi connectivity index (χ4v) is 2.42. The first-order chi connectivity index (χ1) is 7.75. The summed E-state index contributed by atoms with van der Waals surface area (Å²) in [5.41, 5.74) is 10.4. The highest BCUT2D eigenvalue weighted by atomic mass is 14.6. The molecule has 1 aliphatic rings. The van der Waals surface area contributed by atoms with Crippen LogP contribution in [0.2, 0.25) is 0 Å². The van der Waals surface area contributed by atoms with Gasteiger partial charge in [-0.25, -0.2) is 0 Å². The first kappa shape index (κ1) is 11.4. The SMILES string of the molecule is Cc1cccc(CC(N)C2=CCCCC2)c1. The number of nitrogens with two attached hydrogens (primary N) is 1. The molecule has 2 rings (SSSR count). The van der Waals surface area contributed by atoms with E-state index in [-0.39, 0.29) is 6.04 Å². The molecule has 0 fully saturated rings. The molecule has 0 bridgehead atoms. The quantitative estimate of drug-likeness (QED) is 0.769. The molecule has 0 aromatic heterocycles. The minimum Gasteiger partial charge on any atom is -0.324 e. The third kappa shape index (κ3) is 2.96. The second-order valence-electron chi connectivity index (χ2n) is 4.82. The lowest BCUT2D eigenvalue weighted by Crippen LogP contribution is -2.26. The number of benzene rings is 1. The van der Waals surface area contributed by atoms with Gasteiger partial charge in [-0.2, -0.15) is 0 Å². The molecular formula is C15H21N. The van der Waals surface area contributed by atoms with Crippen LogP contribution in [0.3, 0.4) is 0 Å². The van der Waals surface area contributed by atoms with E-state index in [0.29, 0.717) is 0 Å². The first-order valence-electron chi connectivity index (χ1n) is 6.26. The van der Waals surface area contributed by atoms with Crippen molar-refractivity contribution < 1.29 is 0 Å². The van der Waals surface area contributed by atoms with E-state index in [2.05, 4.69) is 37.3 Å². The maximum absolute atomic E-state index is 6.26. The molecule has 1 aliphatic carbocycles. The van der Waals surface area contributed by atoms with Crippen LogP contribution in [-0.4, -0.2) is 6.04 Å². The zero-order chi connectivity index (χ0) is 11.4. The van der Waals surface area contributed by atoms with E-state index in [9.17, 15) is 0 Å². The summed E-state index contributed by atoms with van der Waals surface area (Å²) >= 11 is 0. The highest BCUT2D eigenvalue weighted by molar-refractivity contribution is 5.25. The Morgan fingerprint density at radius 2 is 2.19 bits per heavy atom. The van der Waals surface area contributed by atoms with Gasteiger partial charge >= 0.3 is 0 Å². The molecule has 0 radical (unpaired) electrons. The summed E-state index contributed by atoms with van der Waals surface area (Å²) in [7, 11) is 0. The zero-order valence-corrected chi connectivity index (χ0v) is 10.1. The van der Waals surface area contributed by atoms with Crippen LogP contribution >= 0.6 is 0 Å². The summed E-state index contributed by atoms with van der Waals surface area (Å²) in [4.78, 5) is 0. The number of allylic oxidation sites excluding steroid dienone is 1. The van der Waals surface area contributed by atoms with Crippen LogP contribution in [0.15, 0.2) is 35.9 Å². The van der Waals surface area contributed by atoms with Gasteiger partial charge in [0.05, 0.1) is 0 Å². The Kier molecular flexibility index (Phi) is 3.79. The van der Waals surface area contributed by atoms with Crippen LogP contribution in [-0.2, 0) is 6.42 Å². The predicted molar refractivity (Wildman–Crippen MR) is 69.4 cm³/mol. The summed E-state index contributed by atoms with van der Waals surface area (Å²) in [6, 6.07) is 8.89. The minimum absolute atomic E-state index is 0.224. The van der Waals surface area contributed by atoms with E-state index in [4.69, 9.17) is 5.73 Å². The van der Waals surface area contributed by atoms with E-state index in [1.807, 2.05) is 0 Å². The minimum atomic E-state index is 0.224. The number of hydrogen-bond acceptors (Lipinski definition) is 1. The smallest absolute Gasteiger partial charge is 0.0294 e. The van der Waals surface area contributed by atoms with E-state index in [1.165, 1.54) is 42.4 Å². The lowest BCUT2D eigenvalue weighted by atomic mass is 9.90. The molecule has 1 unspecified atom stereocenters. The normalized spacial score (nSPS) is 18.0. The molecule has 0 heterocycles. The third-order valence-electron chi connectivity index (χ3n) is 3.34. The summed E-state index contributed by atoms with van der Waals surface area (Å²) in [6.45, 7) is 2.13. The molecule has 0 aliphatic heterocycles. The molecule has 0 saturated heterocycles. The molecule has 0 saturated carbocycles. The molecule has 16 heavy (non-hydrogen) atoms. The van der Waals surface area contributed by atoms with E-state index in [0.717, 1.165) is 6.42 Å². The standard InChI is InChI=1S/C15H21N/c1-12-6-5-7-13(10-12)11-15(16)14-8-3-2-4-9-14/h5-8,10,15H,2-4,9,11,16H2,1H3. The molecular weight excluding hydrogens is 194 g/mol. The molecule has 1 nitrogen and oxygen atoms in total. The molecule has 1 aromatic carbocycles. The van der Waals surface area contributed by atoms with Gasteiger partial charge in [0.2, 0.25) is 0 Å². The van der Waals surface area contributed by atoms with Crippen LogP contribution in [0.4, 0.5) is 0 Å². The Bertz CT molecular complexity index is 379. The first-order valence-corrected chi connectivity index (χ1v) is 6.26. The van der Waals surface area contributed by atoms with Gasteiger partial charge in [-0.15, -0.1) is 0 Å². The van der Waals surface area contributed by atoms with Crippen molar-refractivity contribution in [3.8, 4) is 0 Å². The third-order valence-corrected chi connectivity index (χ3v) is 3.34. The summed E-state index contributed by atoms with van der Waals surface area (Å²) in [6.07, 6.45) is 8.40. The molecule has 1 aromatic rings. The Balaban J connectivity index is 2.01. The van der Waals surface area contributed by atoms with Crippen LogP contribution < -0.4 is 5.73 Å². The maximum Gasteiger partial charge on any atom is 0.0294 e. The van der Waals surface area contributed by atoms with Gasteiger partial charge in [-0.1, -0.05) is 41.5 Å². The van der Waals surface area contributed by atoms with Crippen LogP contribution in [0.25, 0.3) is 0 Å². The second-order valence-corrected chi connectivity index (χ2v) is 4.82. The van der Waals surface area contributed by atoms with Crippen molar-refractivity contribution >= 4 is 0 Å². The monoisotopic (exact) mass is 215 g/mol. The largest absolute Gasteiger partial charge is 0.324 e. The highest BCUT2D eigenvalue weighted by Gasteiger charge is 2.12. The van der Waals surface area contributed by atoms with Crippen molar-refractivity contribution in [1.29, 1.82) is 0 Å². The van der Waals surface area contributed by atoms with Gasteiger partial charge < -0.3 is 5.73 Å². The van der Waals surface area contributed by atoms with Crippen molar-refractivity contribution in [1.82, 2.24) is 0 Å². The molecule has 1 atom stereocenters. The van der Waals surface area contributed by atoms with Crippen molar-refractivity contribution in [3.63, 3.8) is 0 Å². The van der Waals surface area contributed by atoms with Gasteiger partial charge in [-0.3, -0.25) is 0 Å². The van der Waals surface area contributed by atoms with Crippen LogP contribution in [0, 0.1) is 6.92 Å². The number of aryl methyl sites for hydroxylation is 1. The van der Waals surface area contributed by atoms with Crippen molar-refractivity contribution in [2.45, 2.75) is 45.1 Å².